The van der Waals surface area contributed by atoms with Gasteiger partial charge in [0.1, 0.15) is 0 Å². The number of nitrogens with one attached hydrogen (secondary N) is 1. The van der Waals surface area contributed by atoms with Gasteiger partial charge >= 0.3 is 0 Å². The van der Waals surface area contributed by atoms with E-state index in [1.807, 2.05) is 0 Å². The van der Waals surface area contributed by atoms with Gasteiger partial charge in [0.15, 0.2) is 0 Å². The first-order valence-corrected chi connectivity index (χ1v) is 3.12. The van der Waals surface area contributed by atoms with Crippen LogP contribution < -0.4 is 5.32 Å². The molecule has 8 heavy (non-hydrogen) atoms. The van der Waals surface area contributed by atoms with E-state index in [9.17, 15) is 4.79 Å². The lowest BCUT2D eigenvalue weighted by atomic mass is 10.0. The molecule has 1 aliphatic rings. The Labute approximate surface area is 49.3 Å². The quantitative estimate of drug-likeness (QED) is 0.524. The molecule has 1 heterocycles. The normalized spacial score (nSPS) is 26.6. The van der Waals surface area contributed by atoms with Crippen molar-refractivity contribution in [3.05, 3.63) is 0 Å². The molecule has 0 aromatic heterocycles. The van der Waals surface area contributed by atoms with Gasteiger partial charge in [-0.05, 0) is 6.42 Å². The number of rotatable bonds is 2. The van der Waals surface area contributed by atoms with Crippen LogP contribution in [-0.4, -0.2) is 11.9 Å². The summed E-state index contributed by atoms with van der Waals surface area (Å²) >= 11 is 0. The molecule has 1 amide bonds. The highest BCUT2D eigenvalue weighted by Gasteiger charge is 2.23. The summed E-state index contributed by atoms with van der Waals surface area (Å²) in [6.07, 6.45) is 3.07. The van der Waals surface area contributed by atoms with Crippen molar-refractivity contribution in [2.45, 2.75) is 32.2 Å². The fourth-order valence-corrected chi connectivity index (χ4v) is 0.953. The summed E-state index contributed by atoms with van der Waals surface area (Å²) in [6.45, 7) is 2.13. The Balaban J connectivity index is 2.06. The first-order valence-electron chi connectivity index (χ1n) is 3.12. The van der Waals surface area contributed by atoms with Crippen molar-refractivity contribution >= 4 is 5.91 Å². The lowest BCUT2D eigenvalue weighted by Gasteiger charge is -2.25. The summed E-state index contributed by atoms with van der Waals surface area (Å²) in [7, 11) is 0. The SMILES string of the molecule is CCCC1CC(=O)N1. The van der Waals surface area contributed by atoms with E-state index in [1.165, 1.54) is 6.42 Å². The van der Waals surface area contributed by atoms with E-state index in [4.69, 9.17) is 0 Å². The highest BCUT2D eigenvalue weighted by atomic mass is 16.2. The average molecular weight is 113 g/mol. The maximum atomic E-state index is 10.3. The van der Waals surface area contributed by atoms with Gasteiger partial charge in [-0.2, -0.15) is 0 Å². The molecule has 0 aromatic carbocycles. The topological polar surface area (TPSA) is 29.1 Å². The molecule has 2 heteroatoms. The van der Waals surface area contributed by atoms with Gasteiger partial charge in [0.2, 0.25) is 5.91 Å². The summed E-state index contributed by atoms with van der Waals surface area (Å²) < 4.78 is 0. The van der Waals surface area contributed by atoms with E-state index in [2.05, 4.69) is 12.2 Å². The van der Waals surface area contributed by atoms with Crippen LogP contribution in [0, 0.1) is 0 Å². The molecule has 1 unspecified atom stereocenters. The maximum Gasteiger partial charge on any atom is 0.222 e. The van der Waals surface area contributed by atoms with Crippen LogP contribution in [0.3, 0.4) is 0 Å². The molecular weight excluding hydrogens is 102 g/mol. The van der Waals surface area contributed by atoms with E-state index >= 15 is 0 Å². The molecule has 1 aliphatic heterocycles. The molecule has 46 valence electrons. The van der Waals surface area contributed by atoms with Gasteiger partial charge in [-0.1, -0.05) is 13.3 Å². The molecule has 2 nitrogen and oxygen atoms in total. The largest absolute Gasteiger partial charge is 0.353 e. The summed E-state index contributed by atoms with van der Waals surface area (Å²) in [5.74, 6) is 0.212. The van der Waals surface area contributed by atoms with Crippen LogP contribution in [-0.2, 0) is 4.79 Å². The Morgan fingerprint density at radius 2 is 2.50 bits per heavy atom. The minimum atomic E-state index is 0.212. The smallest absolute Gasteiger partial charge is 0.222 e. The standard InChI is InChI=1S/C6H11NO/c1-2-3-5-4-6(8)7-5/h5H,2-4H2,1H3,(H,7,8). The molecule has 0 saturated carbocycles. The van der Waals surface area contributed by atoms with E-state index in [0.717, 1.165) is 12.8 Å². The fraction of sp³-hybridized carbons (Fsp3) is 0.833. The maximum absolute atomic E-state index is 10.3. The minimum absolute atomic E-state index is 0.212. The van der Waals surface area contributed by atoms with Crippen LogP contribution in [0.25, 0.3) is 0 Å². The third-order valence-corrected chi connectivity index (χ3v) is 1.43. The number of amides is 1. The minimum Gasteiger partial charge on any atom is -0.353 e. The predicted molar refractivity (Wildman–Crippen MR) is 31.5 cm³/mol. The van der Waals surface area contributed by atoms with Gasteiger partial charge < -0.3 is 5.32 Å². The van der Waals surface area contributed by atoms with Gasteiger partial charge in [-0.15, -0.1) is 0 Å². The summed E-state index contributed by atoms with van der Waals surface area (Å²) in [5, 5.41) is 2.80. The van der Waals surface area contributed by atoms with Crippen LogP contribution >= 0.6 is 0 Å². The van der Waals surface area contributed by atoms with Crippen molar-refractivity contribution in [1.29, 1.82) is 0 Å². The van der Waals surface area contributed by atoms with Crippen molar-refractivity contribution in [3.8, 4) is 0 Å². The Morgan fingerprint density at radius 3 is 2.88 bits per heavy atom. The van der Waals surface area contributed by atoms with Crippen LogP contribution in [0.2, 0.25) is 0 Å². The highest BCUT2D eigenvalue weighted by molar-refractivity contribution is 5.82. The Bertz CT molecular complexity index is 92.7. The van der Waals surface area contributed by atoms with E-state index in [1.54, 1.807) is 0 Å². The first-order chi connectivity index (χ1) is 3.83. The number of β-lactam (4-membered cyclic amide) rings is 1. The molecular formula is C6H11NO. The molecule has 1 rings (SSSR count). The molecule has 1 N–H and O–H groups in total. The predicted octanol–water partition coefficient (Wildman–Crippen LogP) is 0.675. The van der Waals surface area contributed by atoms with Crippen molar-refractivity contribution in [2.24, 2.45) is 0 Å². The van der Waals surface area contributed by atoms with Crippen molar-refractivity contribution in [2.75, 3.05) is 0 Å². The molecule has 0 aromatic rings. The molecule has 0 aliphatic carbocycles. The second-order valence-corrected chi connectivity index (χ2v) is 2.26. The number of carbonyl (C=O) groups excluding carboxylic acids is 1. The number of hydrogen-bond acceptors (Lipinski definition) is 1. The van der Waals surface area contributed by atoms with Crippen molar-refractivity contribution in [1.82, 2.24) is 5.32 Å². The highest BCUT2D eigenvalue weighted by Crippen LogP contribution is 2.09. The number of carbonyl (C=O) groups is 1. The lowest BCUT2D eigenvalue weighted by molar-refractivity contribution is -0.128. The van der Waals surface area contributed by atoms with Gasteiger partial charge in [-0.25, -0.2) is 0 Å². The van der Waals surface area contributed by atoms with E-state index < -0.39 is 0 Å². The summed E-state index contributed by atoms with van der Waals surface area (Å²) in [5.41, 5.74) is 0. The third-order valence-electron chi connectivity index (χ3n) is 1.43. The molecule has 0 spiro atoms. The van der Waals surface area contributed by atoms with Crippen LogP contribution in [0.4, 0.5) is 0 Å². The Hall–Kier alpha value is -0.530. The summed E-state index contributed by atoms with van der Waals surface area (Å²) in [6, 6.07) is 0.507. The van der Waals surface area contributed by atoms with Gasteiger partial charge in [0, 0.05) is 12.5 Å². The monoisotopic (exact) mass is 113 g/mol. The zero-order valence-electron chi connectivity index (χ0n) is 5.11. The Morgan fingerprint density at radius 1 is 1.88 bits per heavy atom. The molecule has 1 saturated heterocycles. The zero-order valence-corrected chi connectivity index (χ0v) is 5.11. The van der Waals surface area contributed by atoms with Gasteiger partial charge in [0.05, 0.1) is 0 Å². The van der Waals surface area contributed by atoms with Crippen LogP contribution in [0.15, 0.2) is 0 Å². The zero-order chi connectivity index (χ0) is 5.98. The molecule has 1 fully saturated rings. The van der Waals surface area contributed by atoms with Gasteiger partial charge in [0.25, 0.3) is 0 Å². The second kappa shape index (κ2) is 2.16. The van der Waals surface area contributed by atoms with Crippen molar-refractivity contribution < 1.29 is 4.79 Å². The number of hydrogen-bond donors (Lipinski definition) is 1. The molecule has 0 radical (unpaired) electrons. The van der Waals surface area contributed by atoms with E-state index in [0.29, 0.717) is 6.04 Å². The van der Waals surface area contributed by atoms with E-state index in [-0.39, 0.29) is 5.91 Å². The fourth-order valence-electron chi connectivity index (χ4n) is 0.953. The molecule has 0 bridgehead atoms. The van der Waals surface area contributed by atoms with Crippen LogP contribution in [0.5, 0.6) is 0 Å². The first kappa shape index (κ1) is 5.60. The second-order valence-electron chi connectivity index (χ2n) is 2.26. The van der Waals surface area contributed by atoms with Crippen molar-refractivity contribution in [3.63, 3.8) is 0 Å². The Kier molecular flexibility index (Phi) is 1.51. The van der Waals surface area contributed by atoms with Crippen LogP contribution in [0.1, 0.15) is 26.2 Å². The lowest BCUT2D eigenvalue weighted by Crippen LogP contribution is -2.48. The summed E-state index contributed by atoms with van der Waals surface area (Å²) in [4.78, 5) is 10.3. The van der Waals surface area contributed by atoms with Gasteiger partial charge in [-0.3, -0.25) is 4.79 Å². The molecule has 1 atom stereocenters. The average Bonchev–Trinajstić information content (AvgIpc) is 1.64. The third kappa shape index (κ3) is 0.997.